The molecule has 6 heteroatoms. The monoisotopic (exact) mass is 256 g/mol. The normalized spacial score (nSPS) is 10.7. The first-order chi connectivity index (χ1) is 9.15. The lowest BCUT2D eigenvalue weighted by Crippen LogP contribution is -2.28. The van der Waals surface area contributed by atoms with E-state index in [9.17, 15) is 14.4 Å². The van der Waals surface area contributed by atoms with E-state index in [0.29, 0.717) is 16.6 Å². The molecule has 3 aromatic rings. The highest BCUT2D eigenvalue weighted by Gasteiger charge is 2.12. The van der Waals surface area contributed by atoms with Gasteiger partial charge in [0.1, 0.15) is 0 Å². The molecule has 1 aromatic carbocycles. The van der Waals surface area contributed by atoms with Crippen LogP contribution in [-0.4, -0.2) is 15.8 Å². The fraction of sp³-hybridized carbons (Fsp3) is 0. The van der Waals surface area contributed by atoms with Crippen LogP contribution in [0.25, 0.3) is 11.0 Å². The number of aromatic nitrogens is 2. The SMILES string of the molecule is O=C(c1ccc2[nH]c(=O)c(=O)[nH]c2c1)c1ccco1. The van der Waals surface area contributed by atoms with Crippen LogP contribution in [0.4, 0.5) is 0 Å². The Morgan fingerprint density at radius 3 is 2.42 bits per heavy atom. The fourth-order valence-electron chi connectivity index (χ4n) is 1.81. The molecule has 0 amide bonds. The molecule has 0 bridgehead atoms. The molecule has 0 aliphatic carbocycles. The minimum Gasteiger partial charge on any atom is -0.461 e. The molecule has 0 spiro atoms. The topological polar surface area (TPSA) is 95.9 Å². The first-order valence-corrected chi connectivity index (χ1v) is 5.50. The fourth-order valence-corrected chi connectivity index (χ4v) is 1.81. The summed E-state index contributed by atoms with van der Waals surface area (Å²) >= 11 is 0. The van der Waals surface area contributed by atoms with Crippen molar-refractivity contribution >= 4 is 16.8 Å². The summed E-state index contributed by atoms with van der Waals surface area (Å²) in [5.74, 6) is -0.0786. The zero-order chi connectivity index (χ0) is 13.4. The predicted molar refractivity (Wildman–Crippen MR) is 67.3 cm³/mol. The number of rotatable bonds is 2. The van der Waals surface area contributed by atoms with Crippen LogP contribution in [-0.2, 0) is 0 Å². The van der Waals surface area contributed by atoms with Crippen LogP contribution >= 0.6 is 0 Å². The summed E-state index contributed by atoms with van der Waals surface area (Å²) in [5.41, 5.74) is -0.263. The molecule has 2 N–H and O–H groups in total. The van der Waals surface area contributed by atoms with Gasteiger partial charge in [-0.25, -0.2) is 0 Å². The zero-order valence-electron chi connectivity index (χ0n) is 9.60. The molecule has 3 rings (SSSR count). The van der Waals surface area contributed by atoms with Crippen molar-refractivity contribution in [1.29, 1.82) is 0 Å². The smallest absolute Gasteiger partial charge is 0.314 e. The van der Waals surface area contributed by atoms with Crippen LogP contribution in [0.2, 0.25) is 0 Å². The van der Waals surface area contributed by atoms with Gasteiger partial charge in [0.2, 0.25) is 5.78 Å². The van der Waals surface area contributed by atoms with Crippen LogP contribution in [0.3, 0.4) is 0 Å². The maximum atomic E-state index is 12.0. The summed E-state index contributed by atoms with van der Waals surface area (Å²) in [6.45, 7) is 0. The predicted octanol–water partition coefficient (Wildman–Crippen LogP) is 1.04. The molecule has 0 saturated carbocycles. The lowest BCUT2D eigenvalue weighted by Gasteiger charge is -2.01. The molecule has 0 saturated heterocycles. The summed E-state index contributed by atoms with van der Waals surface area (Å²) in [5, 5.41) is 0. The van der Waals surface area contributed by atoms with Gasteiger partial charge in [-0.1, -0.05) is 0 Å². The van der Waals surface area contributed by atoms with E-state index in [2.05, 4.69) is 9.97 Å². The highest BCUT2D eigenvalue weighted by atomic mass is 16.3. The van der Waals surface area contributed by atoms with E-state index in [1.807, 2.05) is 0 Å². The molecule has 0 unspecified atom stereocenters. The van der Waals surface area contributed by atoms with E-state index in [4.69, 9.17) is 4.42 Å². The molecule has 0 aliphatic heterocycles. The van der Waals surface area contributed by atoms with Gasteiger partial charge in [0.25, 0.3) is 0 Å². The van der Waals surface area contributed by atoms with Crippen molar-refractivity contribution in [1.82, 2.24) is 9.97 Å². The number of fused-ring (bicyclic) bond motifs is 1. The number of nitrogens with one attached hydrogen (secondary N) is 2. The number of ketones is 1. The average molecular weight is 256 g/mol. The van der Waals surface area contributed by atoms with Gasteiger partial charge in [0, 0.05) is 5.56 Å². The summed E-state index contributed by atoms with van der Waals surface area (Å²) in [6, 6.07) is 7.79. The minimum absolute atomic E-state index is 0.214. The maximum absolute atomic E-state index is 12.0. The number of H-pyrrole nitrogens is 2. The number of aromatic amines is 2. The van der Waals surface area contributed by atoms with Crippen molar-refractivity contribution in [3.05, 3.63) is 68.6 Å². The van der Waals surface area contributed by atoms with E-state index < -0.39 is 11.1 Å². The maximum Gasteiger partial charge on any atom is 0.314 e. The largest absolute Gasteiger partial charge is 0.461 e. The first-order valence-electron chi connectivity index (χ1n) is 5.50. The van der Waals surface area contributed by atoms with E-state index in [1.54, 1.807) is 24.3 Å². The van der Waals surface area contributed by atoms with Crippen LogP contribution < -0.4 is 11.1 Å². The van der Waals surface area contributed by atoms with Crippen LogP contribution in [0.1, 0.15) is 16.1 Å². The van der Waals surface area contributed by atoms with E-state index in [0.717, 1.165) is 0 Å². The number of furan rings is 1. The molecule has 0 fully saturated rings. The van der Waals surface area contributed by atoms with E-state index in [-0.39, 0.29) is 11.5 Å². The van der Waals surface area contributed by atoms with Gasteiger partial charge < -0.3 is 14.4 Å². The summed E-state index contributed by atoms with van der Waals surface area (Å²) < 4.78 is 5.03. The van der Waals surface area contributed by atoms with Crippen LogP contribution in [0.15, 0.2) is 50.6 Å². The van der Waals surface area contributed by atoms with Crippen molar-refractivity contribution < 1.29 is 9.21 Å². The van der Waals surface area contributed by atoms with Crippen molar-refractivity contribution in [3.63, 3.8) is 0 Å². The van der Waals surface area contributed by atoms with Gasteiger partial charge in [0.15, 0.2) is 5.76 Å². The Bertz CT molecular complexity index is 872. The summed E-state index contributed by atoms with van der Waals surface area (Å²) in [7, 11) is 0. The molecule has 0 aliphatic rings. The molecule has 19 heavy (non-hydrogen) atoms. The number of hydrogen-bond donors (Lipinski definition) is 2. The van der Waals surface area contributed by atoms with Crippen molar-refractivity contribution in [3.8, 4) is 0 Å². The van der Waals surface area contributed by atoms with Crippen molar-refractivity contribution in [2.24, 2.45) is 0 Å². The Labute approximate surface area is 105 Å². The molecular weight excluding hydrogens is 248 g/mol. The first kappa shape index (κ1) is 11.2. The highest BCUT2D eigenvalue weighted by Crippen LogP contribution is 2.14. The molecular formula is C13H8N2O4. The van der Waals surface area contributed by atoms with Gasteiger partial charge in [0.05, 0.1) is 17.3 Å². The second kappa shape index (κ2) is 4.09. The second-order valence-electron chi connectivity index (χ2n) is 3.98. The minimum atomic E-state index is -0.755. The van der Waals surface area contributed by atoms with Crippen molar-refractivity contribution in [2.45, 2.75) is 0 Å². The van der Waals surface area contributed by atoms with Crippen LogP contribution in [0.5, 0.6) is 0 Å². The standard InChI is InChI=1S/C13H8N2O4/c16-11(10-2-1-5-19-10)7-3-4-8-9(6-7)15-13(18)12(17)14-8/h1-6H,(H,14,17)(H,15,18). The number of carbonyl (C=O) groups excluding carboxylic acids is 1. The quantitative estimate of drug-likeness (QED) is 0.529. The summed E-state index contributed by atoms with van der Waals surface area (Å²) in [4.78, 5) is 39.3. The number of benzene rings is 1. The third kappa shape index (κ3) is 1.89. The number of carbonyl (C=O) groups is 1. The molecule has 6 nitrogen and oxygen atoms in total. The molecule has 94 valence electrons. The van der Waals surface area contributed by atoms with E-state index in [1.165, 1.54) is 12.3 Å². The molecule has 0 radical (unpaired) electrons. The zero-order valence-corrected chi connectivity index (χ0v) is 9.60. The van der Waals surface area contributed by atoms with Gasteiger partial charge >= 0.3 is 11.1 Å². The average Bonchev–Trinajstić information content (AvgIpc) is 2.93. The Morgan fingerprint density at radius 2 is 1.74 bits per heavy atom. The van der Waals surface area contributed by atoms with E-state index >= 15 is 0 Å². The third-order valence-corrected chi connectivity index (χ3v) is 2.73. The second-order valence-corrected chi connectivity index (χ2v) is 3.98. The third-order valence-electron chi connectivity index (χ3n) is 2.73. The summed E-state index contributed by atoms with van der Waals surface area (Å²) in [6.07, 6.45) is 1.41. The van der Waals surface area contributed by atoms with Gasteiger partial charge in [-0.2, -0.15) is 0 Å². The molecule has 2 heterocycles. The van der Waals surface area contributed by atoms with Gasteiger partial charge in [-0.15, -0.1) is 0 Å². The lowest BCUT2D eigenvalue weighted by atomic mass is 10.1. The highest BCUT2D eigenvalue weighted by molar-refractivity contribution is 6.08. The van der Waals surface area contributed by atoms with Gasteiger partial charge in [-0.3, -0.25) is 14.4 Å². The Balaban J connectivity index is 2.17. The Hall–Kier alpha value is -2.89. The van der Waals surface area contributed by atoms with Crippen LogP contribution in [0, 0.1) is 0 Å². The Morgan fingerprint density at radius 1 is 1.00 bits per heavy atom. The van der Waals surface area contributed by atoms with Crippen molar-refractivity contribution in [2.75, 3.05) is 0 Å². The van der Waals surface area contributed by atoms with Gasteiger partial charge in [-0.05, 0) is 30.3 Å². The number of hydrogen-bond acceptors (Lipinski definition) is 4. The molecule has 0 atom stereocenters. The molecule has 2 aromatic heterocycles. The Kier molecular flexibility index (Phi) is 2.42. The lowest BCUT2D eigenvalue weighted by molar-refractivity contribution is 0.101.